The van der Waals surface area contributed by atoms with Crippen LogP contribution >= 0.6 is 23.4 Å². The van der Waals surface area contributed by atoms with Crippen LogP contribution in [0.3, 0.4) is 0 Å². The van der Waals surface area contributed by atoms with Crippen molar-refractivity contribution in [1.29, 1.82) is 0 Å². The number of nitro benzene ring substituents is 1. The zero-order chi connectivity index (χ0) is 12.3. The first-order valence-corrected chi connectivity index (χ1v) is 6.12. The molecular formula is C11H8ClNO3S. The largest absolute Gasteiger partial charge is 0.468 e. The minimum absolute atomic E-state index is 0.0611. The Hall–Kier alpha value is -1.46. The van der Waals surface area contributed by atoms with E-state index in [0.717, 1.165) is 5.76 Å². The van der Waals surface area contributed by atoms with E-state index < -0.39 is 4.92 Å². The summed E-state index contributed by atoms with van der Waals surface area (Å²) in [7, 11) is 0. The van der Waals surface area contributed by atoms with E-state index in [4.69, 9.17) is 16.0 Å². The predicted molar refractivity (Wildman–Crippen MR) is 66.4 cm³/mol. The van der Waals surface area contributed by atoms with Crippen LogP contribution in [0.5, 0.6) is 0 Å². The van der Waals surface area contributed by atoms with Crippen molar-refractivity contribution < 1.29 is 9.34 Å². The zero-order valence-electron chi connectivity index (χ0n) is 8.63. The van der Waals surface area contributed by atoms with Gasteiger partial charge < -0.3 is 4.42 Å². The van der Waals surface area contributed by atoms with Crippen molar-refractivity contribution in [3.8, 4) is 0 Å². The first kappa shape index (κ1) is 12.0. The van der Waals surface area contributed by atoms with Crippen molar-refractivity contribution in [3.63, 3.8) is 0 Å². The molecule has 4 nitrogen and oxygen atoms in total. The molecule has 0 unspecified atom stereocenters. The van der Waals surface area contributed by atoms with E-state index in [0.29, 0.717) is 15.7 Å². The Morgan fingerprint density at radius 1 is 1.41 bits per heavy atom. The monoisotopic (exact) mass is 269 g/mol. The maximum atomic E-state index is 10.8. The van der Waals surface area contributed by atoms with E-state index in [1.54, 1.807) is 18.4 Å². The zero-order valence-corrected chi connectivity index (χ0v) is 10.2. The van der Waals surface area contributed by atoms with Crippen LogP contribution in [-0.2, 0) is 5.75 Å². The highest BCUT2D eigenvalue weighted by molar-refractivity contribution is 7.98. The lowest BCUT2D eigenvalue weighted by molar-refractivity contribution is -0.387. The lowest BCUT2D eigenvalue weighted by atomic mass is 10.3. The van der Waals surface area contributed by atoms with Crippen molar-refractivity contribution in [3.05, 3.63) is 57.5 Å². The highest BCUT2D eigenvalue weighted by Gasteiger charge is 2.14. The van der Waals surface area contributed by atoms with Gasteiger partial charge >= 0.3 is 0 Å². The third-order valence-corrected chi connectivity index (χ3v) is 3.37. The van der Waals surface area contributed by atoms with Gasteiger partial charge in [-0.1, -0.05) is 11.6 Å². The Balaban J connectivity index is 2.19. The van der Waals surface area contributed by atoms with E-state index in [9.17, 15) is 10.1 Å². The lowest BCUT2D eigenvalue weighted by Gasteiger charge is -2.02. The summed E-state index contributed by atoms with van der Waals surface area (Å²) < 4.78 is 5.16. The first-order valence-electron chi connectivity index (χ1n) is 4.76. The van der Waals surface area contributed by atoms with Crippen LogP contribution in [0.2, 0.25) is 5.02 Å². The maximum Gasteiger partial charge on any atom is 0.282 e. The molecule has 0 aliphatic heterocycles. The second kappa shape index (κ2) is 5.25. The Morgan fingerprint density at radius 2 is 2.24 bits per heavy atom. The molecule has 0 N–H and O–H groups in total. The number of halogens is 1. The molecule has 2 aromatic rings. The molecule has 2 rings (SSSR count). The van der Waals surface area contributed by atoms with Crippen LogP contribution in [0.15, 0.2) is 45.9 Å². The van der Waals surface area contributed by atoms with Crippen molar-refractivity contribution in [2.45, 2.75) is 10.6 Å². The van der Waals surface area contributed by atoms with Gasteiger partial charge in [0.25, 0.3) is 5.69 Å². The first-order chi connectivity index (χ1) is 8.16. The molecule has 0 radical (unpaired) electrons. The summed E-state index contributed by atoms with van der Waals surface area (Å²) in [4.78, 5) is 10.9. The second-order valence-electron chi connectivity index (χ2n) is 3.24. The Bertz CT molecular complexity index is 528. The summed E-state index contributed by atoms with van der Waals surface area (Å²) in [5.41, 5.74) is 0.0611. The summed E-state index contributed by atoms with van der Waals surface area (Å²) >= 11 is 7.15. The van der Waals surface area contributed by atoms with Crippen LogP contribution in [0.4, 0.5) is 5.69 Å². The van der Waals surface area contributed by atoms with E-state index >= 15 is 0 Å². The van der Waals surface area contributed by atoms with Crippen LogP contribution in [0.25, 0.3) is 0 Å². The fourth-order valence-electron chi connectivity index (χ4n) is 1.30. The molecule has 1 aromatic heterocycles. The SMILES string of the molecule is O=[N+]([O-])c1ccc(Cl)cc1SCc1ccco1. The minimum Gasteiger partial charge on any atom is -0.468 e. The van der Waals surface area contributed by atoms with Gasteiger partial charge in [0.1, 0.15) is 5.76 Å². The smallest absolute Gasteiger partial charge is 0.282 e. The number of nitrogens with zero attached hydrogens (tertiary/aromatic N) is 1. The maximum absolute atomic E-state index is 10.8. The molecule has 0 fully saturated rings. The van der Waals surface area contributed by atoms with Gasteiger partial charge in [0.05, 0.1) is 21.8 Å². The number of hydrogen-bond acceptors (Lipinski definition) is 4. The number of nitro groups is 1. The molecule has 0 saturated carbocycles. The number of rotatable bonds is 4. The third kappa shape index (κ3) is 3.01. The van der Waals surface area contributed by atoms with Crippen LogP contribution in [0.1, 0.15) is 5.76 Å². The number of benzene rings is 1. The standard InChI is InChI=1S/C11H8ClNO3S/c12-8-3-4-10(13(14)15)11(6-8)17-7-9-2-1-5-16-9/h1-6H,7H2. The van der Waals surface area contributed by atoms with Gasteiger partial charge in [-0.15, -0.1) is 11.8 Å². The van der Waals surface area contributed by atoms with Crippen LogP contribution < -0.4 is 0 Å². The molecule has 0 amide bonds. The highest BCUT2D eigenvalue weighted by atomic mass is 35.5. The highest BCUT2D eigenvalue weighted by Crippen LogP contribution is 2.33. The van der Waals surface area contributed by atoms with Gasteiger partial charge in [-0.2, -0.15) is 0 Å². The Labute approximate surface area is 107 Å². The summed E-state index contributed by atoms with van der Waals surface area (Å²) in [5.74, 6) is 1.30. The number of furan rings is 1. The summed E-state index contributed by atoms with van der Waals surface area (Å²) in [6.07, 6.45) is 1.57. The fourth-order valence-corrected chi connectivity index (χ4v) is 2.50. The molecule has 6 heteroatoms. The van der Waals surface area contributed by atoms with E-state index in [1.165, 1.54) is 23.9 Å². The molecule has 0 aliphatic carbocycles. The fraction of sp³-hybridized carbons (Fsp3) is 0.0909. The topological polar surface area (TPSA) is 56.3 Å². The predicted octanol–water partition coefficient (Wildman–Crippen LogP) is 4.13. The Kier molecular flexibility index (Phi) is 3.71. The van der Waals surface area contributed by atoms with Crippen LogP contribution in [0, 0.1) is 10.1 Å². The van der Waals surface area contributed by atoms with Crippen molar-refractivity contribution in [2.75, 3.05) is 0 Å². The average Bonchev–Trinajstić information content (AvgIpc) is 2.78. The third-order valence-electron chi connectivity index (χ3n) is 2.07. The van der Waals surface area contributed by atoms with Gasteiger partial charge in [-0.05, 0) is 24.3 Å². The summed E-state index contributed by atoms with van der Waals surface area (Å²) in [6.45, 7) is 0. The summed E-state index contributed by atoms with van der Waals surface area (Å²) in [6, 6.07) is 8.11. The quantitative estimate of drug-likeness (QED) is 0.476. The van der Waals surface area contributed by atoms with Gasteiger partial charge in [-0.3, -0.25) is 10.1 Å². The number of thioether (sulfide) groups is 1. The van der Waals surface area contributed by atoms with E-state index in [-0.39, 0.29) is 5.69 Å². The molecule has 17 heavy (non-hydrogen) atoms. The van der Waals surface area contributed by atoms with Crippen molar-refractivity contribution in [2.24, 2.45) is 0 Å². The molecule has 0 spiro atoms. The normalized spacial score (nSPS) is 10.4. The van der Waals surface area contributed by atoms with Crippen molar-refractivity contribution in [1.82, 2.24) is 0 Å². The minimum atomic E-state index is -0.416. The van der Waals surface area contributed by atoms with Gasteiger partial charge in [0.15, 0.2) is 0 Å². The molecule has 1 aromatic carbocycles. The van der Waals surface area contributed by atoms with Crippen LogP contribution in [-0.4, -0.2) is 4.92 Å². The second-order valence-corrected chi connectivity index (χ2v) is 4.69. The molecule has 0 aliphatic rings. The number of hydrogen-bond donors (Lipinski definition) is 0. The van der Waals surface area contributed by atoms with Gasteiger partial charge in [-0.25, -0.2) is 0 Å². The summed E-state index contributed by atoms with van der Waals surface area (Å²) in [5, 5.41) is 11.3. The molecule has 88 valence electrons. The molecule has 0 bridgehead atoms. The van der Waals surface area contributed by atoms with Crippen molar-refractivity contribution >= 4 is 29.1 Å². The van der Waals surface area contributed by atoms with E-state index in [1.807, 2.05) is 6.07 Å². The van der Waals surface area contributed by atoms with Gasteiger partial charge in [0.2, 0.25) is 0 Å². The average molecular weight is 270 g/mol. The van der Waals surface area contributed by atoms with E-state index in [2.05, 4.69) is 0 Å². The van der Waals surface area contributed by atoms with Gasteiger partial charge in [0, 0.05) is 11.1 Å². The Morgan fingerprint density at radius 3 is 2.88 bits per heavy atom. The lowest BCUT2D eigenvalue weighted by Crippen LogP contribution is -1.90. The molecule has 0 atom stereocenters. The molecule has 1 heterocycles. The molecular weight excluding hydrogens is 262 g/mol. The molecule has 0 saturated heterocycles.